The lowest BCUT2D eigenvalue weighted by Gasteiger charge is -2.30. The zero-order chi connectivity index (χ0) is 14.0. The Hall–Kier alpha value is -1.13. The van der Waals surface area contributed by atoms with Gasteiger partial charge in [0.2, 0.25) is 0 Å². The molecule has 1 fully saturated rings. The van der Waals surface area contributed by atoms with Crippen LogP contribution in [0.15, 0.2) is 18.2 Å². The first-order chi connectivity index (χ1) is 8.93. The molecule has 0 aromatic heterocycles. The lowest BCUT2D eigenvalue weighted by Crippen LogP contribution is -2.50. The average molecular weight is 286 g/mol. The molecule has 1 aromatic rings. The average Bonchev–Trinajstić information content (AvgIpc) is 2.85. The Morgan fingerprint density at radius 3 is 2.63 bits per heavy atom. The maximum absolute atomic E-state index is 13.2. The van der Waals surface area contributed by atoms with E-state index >= 15 is 0 Å². The molecular formula is C14H17ClFNO2. The van der Waals surface area contributed by atoms with E-state index < -0.39 is 17.3 Å². The van der Waals surface area contributed by atoms with Gasteiger partial charge < -0.3 is 5.11 Å². The van der Waals surface area contributed by atoms with E-state index in [2.05, 4.69) is 5.32 Å². The highest BCUT2D eigenvalue weighted by Crippen LogP contribution is 2.29. The fourth-order valence-corrected chi connectivity index (χ4v) is 2.73. The van der Waals surface area contributed by atoms with Crippen molar-refractivity contribution in [3.63, 3.8) is 0 Å². The van der Waals surface area contributed by atoms with Crippen LogP contribution in [0.25, 0.3) is 0 Å². The van der Waals surface area contributed by atoms with Gasteiger partial charge >= 0.3 is 5.97 Å². The lowest BCUT2D eigenvalue weighted by atomic mass is 9.90. The van der Waals surface area contributed by atoms with E-state index in [1.54, 1.807) is 6.92 Å². The van der Waals surface area contributed by atoms with Crippen LogP contribution in [0.2, 0.25) is 5.02 Å². The van der Waals surface area contributed by atoms with E-state index in [0.717, 1.165) is 25.7 Å². The number of hydrogen-bond donors (Lipinski definition) is 2. The summed E-state index contributed by atoms with van der Waals surface area (Å²) in [6.07, 6.45) is 4.16. The quantitative estimate of drug-likeness (QED) is 0.892. The van der Waals surface area contributed by atoms with Gasteiger partial charge in [-0.3, -0.25) is 5.32 Å². The lowest BCUT2D eigenvalue weighted by molar-refractivity contribution is -0.145. The molecule has 1 aliphatic rings. The number of carboxylic acid groups (broad SMARTS) is 1. The van der Waals surface area contributed by atoms with Crippen molar-refractivity contribution < 1.29 is 14.3 Å². The molecule has 0 radical (unpaired) electrons. The Morgan fingerprint density at radius 2 is 2.11 bits per heavy atom. The van der Waals surface area contributed by atoms with Gasteiger partial charge in [-0.2, -0.15) is 0 Å². The third-order valence-corrected chi connectivity index (χ3v) is 4.06. The highest BCUT2D eigenvalue weighted by molar-refractivity contribution is 6.30. The summed E-state index contributed by atoms with van der Waals surface area (Å²) in [6, 6.07) is 4.24. The third kappa shape index (κ3) is 2.90. The van der Waals surface area contributed by atoms with Crippen molar-refractivity contribution in [2.45, 2.75) is 44.2 Å². The summed E-state index contributed by atoms with van der Waals surface area (Å²) in [4.78, 5) is 11.6. The van der Waals surface area contributed by atoms with Gasteiger partial charge in [-0.25, -0.2) is 9.18 Å². The van der Waals surface area contributed by atoms with Crippen molar-refractivity contribution >= 4 is 17.6 Å². The van der Waals surface area contributed by atoms with Gasteiger partial charge in [-0.05, 0) is 37.5 Å². The number of benzene rings is 1. The van der Waals surface area contributed by atoms with Crippen molar-refractivity contribution in [3.05, 3.63) is 34.6 Å². The van der Waals surface area contributed by atoms with Gasteiger partial charge in [0.1, 0.15) is 11.4 Å². The number of rotatable bonds is 4. The first-order valence-electron chi connectivity index (χ1n) is 6.40. The summed E-state index contributed by atoms with van der Waals surface area (Å²) in [7, 11) is 0. The topological polar surface area (TPSA) is 49.3 Å². The van der Waals surface area contributed by atoms with Crippen molar-refractivity contribution in [1.29, 1.82) is 0 Å². The van der Waals surface area contributed by atoms with Crippen LogP contribution >= 0.6 is 11.6 Å². The largest absolute Gasteiger partial charge is 0.480 e. The number of halogens is 2. The molecule has 0 aliphatic heterocycles. The van der Waals surface area contributed by atoms with Gasteiger partial charge in [0.25, 0.3) is 0 Å². The SMILES string of the molecule is CC(NC1CCCC1)(C(=O)O)c1ccc(F)c(Cl)c1. The zero-order valence-electron chi connectivity index (χ0n) is 10.7. The van der Waals surface area contributed by atoms with E-state index in [1.165, 1.54) is 18.2 Å². The molecule has 19 heavy (non-hydrogen) atoms. The van der Waals surface area contributed by atoms with Crippen LogP contribution in [-0.2, 0) is 10.3 Å². The van der Waals surface area contributed by atoms with Crippen molar-refractivity contribution in [2.75, 3.05) is 0 Å². The Labute approximate surface area is 116 Å². The maximum atomic E-state index is 13.2. The summed E-state index contributed by atoms with van der Waals surface area (Å²) in [6.45, 7) is 1.59. The molecule has 0 spiro atoms. The van der Waals surface area contributed by atoms with E-state index in [4.69, 9.17) is 11.6 Å². The fourth-order valence-electron chi connectivity index (χ4n) is 2.55. The molecule has 1 aromatic carbocycles. The predicted octanol–water partition coefficient (Wildman–Crippen LogP) is 3.31. The second kappa shape index (κ2) is 5.47. The van der Waals surface area contributed by atoms with Crippen molar-refractivity contribution in [3.8, 4) is 0 Å². The molecule has 0 amide bonds. The Morgan fingerprint density at radius 1 is 1.47 bits per heavy atom. The van der Waals surface area contributed by atoms with Gasteiger partial charge in [0, 0.05) is 6.04 Å². The Bertz CT molecular complexity index is 488. The van der Waals surface area contributed by atoms with Gasteiger partial charge in [-0.15, -0.1) is 0 Å². The molecule has 1 aliphatic carbocycles. The molecule has 1 unspecified atom stereocenters. The first-order valence-corrected chi connectivity index (χ1v) is 6.78. The standard InChI is InChI=1S/C14H17ClFNO2/c1-14(13(18)19,17-10-4-2-3-5-10)9-6-7-12(16)11(15)8-9/h6-8,10,17H,2-5H2,1H3,(H,18,19). The summed E-state index contributed by atoms with van der Waals surface area (Å²) < 4.78 is 13.2. The Kier molecular flexibility index (Phi) is 4.11. The molecule has 0 bridgehead atoms. The molecule has 2 N–H and O–H groups in total. The minimum atomic E-state index is -1.24. The van der Waals surface area contributed by atoms with Crippen LogP contribution in [0, 0.1) is 5.82 Å². The minimum absolute atomic E-state index is 0.0572. The van der Waals surface area contributed by atoms with Gasteiger partial charge in [-0.1, -0.05) is 30.5 Å². The molecule has 3 nitrogen and oxygen atoms in total. The number of carboxylic acids is 1. The van der Waals surface area contributed by atoms with Crippen molar-refractivity contribution in [2.24, 2.45) is 0 Å². The normalized spacial score (nSPS) is 19.3. The molecule has 0 heterocycles. The van der Waals surface area contributed by atoms with E-state index in [-0.39, 0.29) is 11.1 Å². The molecule has 0 saturated heterocycles. The summed E-state index contributed by atoms with van der Waals surface area (Å²) in [5.41, 5.74) is -0.773. The first kappa shape index (κ1) is 14.3. The summed E-state index contributed by atoms with van der Waals surface area (Å²) >= 11 is 5.75. The number of hydrogen-bond acceptors (Lipinski definition) is 2. The van der Waals surface area contributed by atoms with Crippen LogP contribution < -0.4 is 5.32 Å². The highest BCUT2D eigenvalue weighted by atomic mass is 35.5. The van der Waals surface area contributed by atoms with Crippen LogP contribution in [0.5, 0.6) is 0 Å². The second-order valence-electron chi connectivity index (χ2n) is 5.18. The number of aliphatic carboxylic acids is 1. The predicted molar refractivity (Wildman–Crippen MR) is 71.8 cm³/mol. The van der Waals surface area contributed by atoms with E-state index in [9.17, 15) is 14.3 Å². The molecule has 5 heteroatoms. The summed E-state index contributed by atoms with van der Waals surface area (Å²) in [5.74, 6) is -1.53. The monoisotopic (exact) mass is 285 g/mol. The van der Waals surface area contributed by atoms with Crippen LogP contribution in [-0.4, -0.2) is 17.1 Å². The molecule has 1 saturated carbocycles. The maximum Gasteiger partial charge on any atom is 0.328 e. The molecule has 104 valence electrons. The number of carbonyl (C=O) groups is 1. The van der Waals surface area contributed by atoms with E-state index in [0.29, 0.717) is 5.56 Å². The van der Waals surface area contributed by atoms with Gasteiger partial charge in [0.15, 0.2) is 0 Å². The highest BCUT2D eigenvalue weighted by Gasteiger charge is 2.38. The van der Waals surface area contributed by atoms with Crippen molar-refractivity contribution in [1.82, 2.24) is 5.32 Å². The molecular weight excluding hydrogens is 269 g/mol. The van der Waals surface area contributed by atoms with Crippen LogP contribution in [0.4, 0.5) is 4.39 Å². The minimum Gasteiger partial charge on any atom is -0.480 e. The Balaban J connectivity index is 2.31. The smallest absolute Gasteiger partial charge is 0.328 e. The summed E-state index contributed by atoms with van der Waals surface area (Å²) in [5, 5.41) is 12.6. The second-order valence-corrected chi connectivity index (χ2v) is 5.59. The number of nitrogens with one attached hydrogen (secondary N) is 1. The third-order valence-electron chi connectivity index (χ3n) is 3.77. The van der Waals surface area contributed by atoms with Crippen LogP contribution in [0.3, 0.4) is 0 Å². The zero-order valence-corrected chi connectivity index (χ0v) is 11.5. The fraction of sp³-hybridized carbons (Fsp3) is 0.500. The van der Waals surface area contributed by atoms with E-state index in [1.807, 2.05) is 0 Å². The molecule has 2 rings (SSSR count). The van der Waals surface area contributed by atoms with Crippen LogP contribution in [0.1, 0.15) is 38.2 Å². The van der Waals surface area contributed by atoms with Gasteiger partial charge in [0.05, 0.1) is 5.02 Å². The molecule has 1 atom stereocenters.